The number of carbonyl (C=O) groups excluding carboxylic acids is 1. The summed E-state index contributed by atoms with van der Waals surface area (Å²) < 4.78 is 0. The number of benzene rings is 2. The van der Waals surface area contributed by atoms with Crippen LogP contribution in [0.5, 0.6) is 0 Å². The summed E-state index contributed by atoms with van der Waals surface area (Å²) in [4.78, 5) is 15.6. The molecule has 6 heteroatoms. The summed E-state index contributed by atoms with van der Waals surface area (Å²) in [5.74, 6) is -0.476. The fraction of sp³-hybridized carbons (Fsp3) is 0.0500. The SMILES string of the molecule is Cc1ccc(-c2csc(/C(C#N)=C/Nc3ccc(C(N)=O)cc3)n2)cc1. The van der Waals surface area contributed by atoms with Crippen molar-refractivity contribution in [2.75, 3.05) is 5.32 Å². The van der Waals surface area contributed by atoms with Crippen molar-refractivity contribution in [3.8, 4) is 17.3 Å². The van der Waals surface area contributed by atoms with Gasteiger partial charge in [0.2, 0.25) is 5.91 Å². The first-order valence-electron chi connectivity index (χ1n) is 7.86. The van der Waals surface area contributed by atoms with Crippen molar-refractivity contribution in [3.63, 3.8) is 0 Å². The second kappa shape index (κ2) is 7.64. The lowest BCUT2D eigenvalue weighted by atomic mass is 10.1. The molecule has 0 spiro atoms. The van der Waals surface area contributed by atoms with Crippen LogP contribution in [0.4, 0.5) is 5.69 Å². The summed E-state index contributed by atoms with van der Waals surface area (Å²) in [6.45, 7) is 2.04. The van der Waals surface area contributed by atoms with E-state index in [0.717, 1.165) is 16.9 Å². The number of allylic oxidation sites excluding steroid dienone is 1. The second-order valence-corrected chi connectivity index (χ2v) is 6.52. The van der Waals surface area contributed by atoms with Crippen molar-refractivity contribution in [2.24, 2.45) is 5.73 Å². The number of hydrogen-bond donors (Lipinski definition) is 2. The molecule has 0 saturated carbocycles. The third kappa shape index (κ3) is 3.97. The molecule has 0 saturated heterocycles. The van der Waals surface area contributed by atoms with Crippen LogP contribution in [-0.2, 0) is 0 Å². The molecule has 3 rings (SSSR count). The molecule has 1 aromatic heterocycles. The molecule has 1 heterocycles. The summed E-state index contributed by atoms with van der Waals surface area (Å²) in [5.41, 5.74) is 9.89. The topological polar surface area (TPSA) is 91.8 Å². The third-order valence-corrected chi connectivity index (χ3v) is 4.63. The summed E-state index contributed by atoms with van der Waals surface area (Å²) in [7, 11) is 0. The van der Waals surface area contributed by atoms with Gasteiger partial charge in [0.05, 0.1) is 5.69 Å². The van der Waals surface area contributed by atoms with E-state index in [1.54, 1.807) is 30.5 Å². The number of hydrogen-bond acceptors (Lipinski definition) is 5. The molecule has 0 aliphatic carbocycles. The maximum Gasteiger partial charge on any atom is 0.248 e. The highest BCUT2D eigenvalue weighted by Gasteiger charge is 2.09. The zero-order chi connectivity index (χ0) is 18.5. The first-order valence-corrected chi connectivity index (χ1v) is 8.74. The molecule has 0 atom stereocenters. The molecule has 2 aromatic carbocycles. The van der Waals surface area contributed by atoms with Crippen molar-refractivity contribution in [3.05, 3.63) is 76.2 Å². The number of aromatic nitrogens is 1. The summed E-state index contributed by atoms with van der Waals surface area (Å²) >= 11 is 1.42. The number of nitriles is 1. The van der Waals surface area contributed by atoms with E-state index in [0.29, 0.717) is 16.1 Å². The van der Waals surface area contributed by atoms with Gasteiger partial charge in [-0.2, -0.15) is 5.26 Å². The number of thiazole rings is 1. The van der Waals surface area contributed by atoms with Gasteiger partial charge in [-0.25, -0.2) is 4.98 Å². The second-order valence-electron chi connectivity index (χ2n) is 5.66. The number of primary amides is 1. The Morgan fingerprint density at radius 2 is 1.88 bits per heavy atom. The first kappa shape index (κ1) is 17.4. The van der Waals surface area contributed by atoms with Crippen LogP contribution in [0.25, 0.3) is 16.8 Å². The highest BCUT2D eigenvalue weighted by atomic mass is 32.1. The van der Waals surface area contributed by atoms with Crippen LogP contribution in [0.1, 0.15) is 20.9 Å². The highest BCUT2D eigenvalue weighted by molar-refractivity contribution is 7.11. The molecule has 5 nitrogen and oxygen atoms in total. The molecule has 1 amide bonds. The Morgan fingerprint density at radius 3 is 2.50 bits per heavy atom. The van der Waals surface area contributed by atoms with Gasteiger partial charge in [-0.05, 0) is 31.2 Å². The minimum atomic E-state index is -0.476. The molecule has 0 aliphatic rings. The first-order chi connectivity index (χ1) is 12.6. The summed E-state index contributed by atoms with van der Waals surface area (Å²) in [6, 6.07) is 17.0. The Labute approximate surface area is 155 Å². The Bertz CT molecular complexity index is 996. The van der Waals surface area contributed by atoms with E-state index in [2.05, 4.69) is 16.4 Å². The Balaban J connectivity index is 1.78. The van der Waals surface area contributed by atoms with E-state index in [1.807, 2.05) is 36.6 Å². The quantitative estimate of drug-likeness (QED) is 0.667. The van der Waals surface area contributed by atoms with Gasteiger partial charge >= 0.3 is 0 Å². The van der Waals surface area contributed by atoms with Crippen LogP contribution < -0.4 is 11.1 Å². The van der Waals surface area contributed by atoms with Crippen LogP contribution in [0.15, 0.2) is 60.1 Å². The van der Waals surface area contributed by atoms with Crippen molar-refractivity contribution in [1.82, 2.24) is 4.98 Å². The Kier molecular flexibility index (Phi) is 5.11. The van der Waals surface area contributed by atoms with Crippen LogP contribution in [0, 0.1) is 18.3 Å². The number of aryl methyl sites for hydroxylation is 1. The number of carbonyl (C=O) groups is 1. The lowest BCUT2D eigenvalue weighted by Gasteiger charge is -2.02. The van der Waals surface area contributed by atoms with Crippen molar-refractivity contribution >= 4 is 28.5 Å². The average molecular weight is 360 g/mol. The van der Waals surface area contributed by atoms with Crippen molar-refractivity contribution in [1.29, 1.82) is 5.26 Å². The highest BCUT2D eigenvalue weighted by Crippen LogP contribution is 2.26. The number of nitrogens with one attached hydrogen (secondary N) is 1. The minimum absolute atomic E-state index is 0.433. The lowest BCUT2D eigenvalue weighted by Crippen LogP contribution is -2.10. The summed E-state index contributed by atoms with van der Waals surface area (Å²) in [6.07, 6.45) is 1.61. The van der Waals surface area contributed by atoms with Gasteiger partial charge in [0.15, 0.2) is 0 Å². The monoisotopic (exact) mass is 360 g/mol. The fourth-order valence-corrected chi connectivity index (χ4v) is 3.08. The Hall–Kier alpha value is -3.43. The number of anilines is 1. The van der Waals surface area contributed by atoms with Gasteiger partial charge in [-0.1, -0.05) is 29.8 Å². The van der Waals surface area contributed by atoms with Crippen LogP contribution in [0.2, 0.25) is 0 Å². The maximum absolute atomic E-state index is 11.1. The average Bonchev–Trinajstić information content (AvgIpc) is 3.13. The predicted molar refractivity (Wildman–Crippen MR) is 104 cm³/mol. The minimum Gasteiger partial charge on any atom is -0.366 e. The van der Waals surface area contributed by atoms with E-state index >= 15 is 0 Å². The molecule has 0 radical (unpaired) electrons. The van der Waals surface area contributed by atoms with Gasteiger partial charge in [0.1, 0.15) is 16.6 Å². The molecular formula is C20H16N4OS. The van der Waals surface area contributed by atoms with Crippen molar-refractivity contribution in [2.45, 2.75) is 6.92 Å². The number of rotatable bonds is 5. The standard InChI is InChI=1S/C20H16N4OS/c1-13-2-4-14(5-3-13)18-12-26-20(24-18)16(10-21)11-23-17-8-6-15(7-9-17)19(22)25/h2-9,11-12,23H,1H3,(H2,22,25)/b16-11+. The molecule has 0 unspecified atom stereocenters. The molecule has 3 N–H and O–H groups in total. The molecule has 26 heavy (non-hydrogen) atoms. The van der Waals surface area contributed by atoms with Crippen LogP contribution >= 0.6 is 11.3 Å². The number of nitrogens with zero attached hydrogens (tertiary/aromatic N) is 2. The molecule has 0 aliphatic heterocycles. The molecule has 3 aromatic rings. The van der Waals surface area contributed by atoms with Gasteiger partial charge in [-0.15, -0.1) is 11.3 Å². The fourth-order valence-electron chi connectivity index (χ4n) is 2.28. The molecular weight excluding hydrogens is 344 g/mol. The smallest absolute Gasteiger partial charge is 0.248 e. The van der Waals surface area contributed by atoms with E-state index in [-0.39, 0.29) is 0 Å². The predicted octanol–water partition coefficient (Wildman–Crippen LogP) is 4.19. The van der Waals surface area contributed by atoms with Crippen LogP contribution in [0.3, 0.4) is 0 Å². The molecule has 128 valence electrons. The van der Waals surface area contributed by atoms with E-state index in [1.165, 1.54) is 16.9 Å². The third-order valence-electron chi connectivity index (χ3n) is 3.75. The van der Waals surface area contributed by atoms with Gasteiger partial charge in [-0.3, -0.25) is 4.79 Å². The zero-order valence-corrected chi connectivity index (χ0v) is 14.9. The summed E-state index contributed by atoms with van der Waals surface area (Å²) in [5, 5.41) is 15.1. The zero-order valence-electron chi connectivity index (χ0n) is 14.1. The normalized spacial score (nSPS) is 11.0. The van der Waals surface area contributed by atoms with E-state index in [9.17, 15) is 10.1 Å². The maximum atomic E-state index is 11.1. The Morgan fingerprint density at radius 1 is 1.19 bits per heavy atom. The van der Waals surface area contributed by atoms with E-state index < -0.39 is 5.91 Å². The number of nitrogens with two attached hydrogens (primary N) is 1. The number of amides is 1. The molecule has 0 bridgehead atoms. The van der Waals surface area contributed by atoms with E-state index in [4.69, 9.17) is 5.73 Å². The molecule has 0 fully saturated rings. The van der Waals surface area contributed by atoms with Gasteiger partial charge < -0.3 is 11.1 Å². The van der Waals surface area contributed by atoms with Crippen molar-refractivity contribution < 1.29 is 4.79 Å². The lowest BCUT2D eigenvalue weighted by molar-refractivity contribution is 0.100. The largest absolute Gasteiger partial charge is 0.366 e. The van der Waals surface area contributed by atoms with Gasteiger partial charge in [0.25, 0.3) is 0 Å². The van der Waals surface area contributed by atoms with Gasteiger partial charge in [0, 0.05) is 28.4 Å². The van der Waals surface area contributed by atoms with Crippen LogP contribution in [-0.4, -0.2) is 10.9 Å².